The predicted molar refractivity (Wildman–Crippen MR) is 84.5 cm³/mol. The smallest absolute Gasteiger partial charge is 0.235 e. The van der Waals surface area contributed by atoms with Crippen LogP contribution in [-0.2, 0) is 6.18 Å². The van der Waals surface area contributed by atoms with Crippen LogP contribution in [0.25, 0.3) is 21.9 Å². The Hall–Kier alpha value is -2.72. The fraction of sp³-hybridized carbons (Fsp3) is 0.0588. The first-order valence-corrected chi connectivity index (χ1v) is 7.54. The van der Waals surface area contributed by atoms with Crippen molar-refractivity contribution in [2.75, 3.05) is 0 Å². The summed E-state index contributed by atoms with van der Waals surface area (Å²) in [6.45, 7) is 0. The average Bonchev–Trinajstić information content (AvgIpc) is 2.94. The number of alkyl halides is 3. The lowest BCUT2D eigenvalue weighted by Gasteiger charge is -2.04. The molecule has 24 heavy (non-hydrogen) atoms. The minimum absolute atomic E-state index is 0.162. The molecule has 3 rings (SSSR count). The maximum Gasteiger partial charge on any atom is 0.416 e. The zero-order valence-corrected chi connectivity index (χ0v) is 12.7. The summed E-state index contributed by atoms with van der Waals surface area (Å²) >= 11 is 1.11. The van der Waals surface area contributed by atoms with E-state index in [1.165, 1.54) is 30.3 Å². The summed E-state index contributed by atoms with van der Waals surface area (Å²) in [5, 5.41) is 9.58. The van der Waals surface area contributed by atoms with Crippen molar-refractivity contribution in [3.8, 4) is 6.07 Å². The highest BCUT2D eigenvalue weighted by Gasteiger charge is 2.30. The van der Waals surface area contributed by atoms with Gasteiger partial charge in [0.25, 0.3) is 0 Å². The van der Waals surface area contributed by atoms with Gasteiger partial charge in [0.1, 0.15) is 16.9 Å². The van der Waals surface area contributed by atoms with Gasteiger partial charge in [-0.25, -0.2) is 9.37 Å². The van der Waals surface area contributed by atoms with E-state index in [1.807, 2.05) is 6.07 Å². The van der Waals surface area contributed by atoms with Gasteiger partial charge in [0.15, 0.2) is 0 Å². The Balaban J connectivity index is 2.06. The molecule has 0 N–H and O–H groups in total. The van der Waals surface area contributed by atoms with Gasteiger partial charge in [0, 0.05) is 0 Å². The van der Waals surface area contributed by atoms with Crippen molar-refractivity contribution in [3.63, 3.8) is 0 Å². The van der Waals surface area contributed by atoms with Crippen LogP contribution in [0, 0.1) is 17.1 Å². The van der Waals surface area contributed by atoms with E-state index in [1.54, 1.807) is 6.07 Å². The summed E-state index contributed by atoms with van der Waals surface area (Å²) in [7, 11) is 0. The zero-order valence-electron chi connectivity index (χ0n) is 11.9. The molecule has 0 radical (unpaired) electrons. The molecular weight excluding hydrogens is 340 g/mol. The van der Waals surface area contributed by atoms with E-state index in [9.17, 15) is 22.8 Å². The second-order valence-electron chi connectivity index (χ2n) is 4.92. The van der Waals surface area contributed by atoms with Gasteiger partial charge in [-0.2, -0.15) is 18.4 Å². The summed E-state index contributed by atoms with van der Waals surface area (Å²) in [5.74, 6) is -0.444. The second-order valence-corrected chi connectivity index (χ2v) is 5.95. The lowest BCUT2D eigenvalue weighted by atomic mass is 10.1. The number of fused-ring (bicyclic) bond motifs is 1. The van der Waals surface area contributed by atoms with Crippen LogP contribution < -0.4 is 0 Å². The molecule has 0 aliphatic rings. The highest BCUT2D eigenvalue weighted by Crippen LogP contribution is 2.34. The van der Waals surface area contributed by atoms with Crippen LogP contribution in [0.1, 0.15) is 16.1 Å². The van der Waals surface area contributed by atoms with Crippen LogP contribution in [-0.4, -0.2) is 4.98 Å². The third-order valence-corrected chi connectivity index (χ3v) is 4.30. The molecule has 1 heterocycles. The first kappa shape index (κ1) is 16.1. The summed E-state index contributed by atoms with van der Waals surface area (Å²) in [6, 6.07) is 10.9. The maximum atomic E-state index is 13.2. The van der Waals surface area contributed by atoms with Crippen molar-refractivity contribution >= 4 is 33.2 Å². The summed E-state index contributed by atoms with van der Waals surface area (Å²) in [5.41, 5.74) is 0.0156. The predicted octanol–water partition coefficient (Wildman–Crippen LogP) is 5.52. The molecule has 7 heteroatoms. The molecular formula is C17H8F4N2S. The maximum absolute atomic E-state index is 13.2. The topological polar surface area (TPSA) is 36.7 Å². The summed E-state index contributed by atoms with van der Waals surface area (Å²) in [6.07, 6.45) is -3.00. The van der Waals surface area contributed by atoms with Crippen LogP contribution in [0.3, 0.4) is 0 Å². The van der Waals surface area contributed by atoms with E-state index >= 15 is 0 Å². The van der Waals surface area contributed by atoms with Gasteiger partial charge in [0.2, 0.25) is 0 Å². The molecule has 0 aliphatic heterocycles. The third kappa shape index (κ3) is 3.29. The number of halogens is 4. The minimum Gasteiger partial charge on any atom is -0.235 e. The number of thiazole rings is 1. The Morgan fingerprint density at radius 2 is 1.96 bits per heavy atom. The van der Waals surface area contributed by atoms with Gasteiger partial charge in [0.05, 0.1) is 21.4 Å². The van der Waals surface area contributed by atoms with Crippen LogP contribution in [0.2, 0.25) is 0 Å². The van der Waals surface area contributed by atoms with Crippen LogP contribution in [0.5, 0.6) is 0 Å². The number of rotatable bonds is 2. The normalized spacial score (nSPS) is 12.4. The van der Waals surface area contributed by atoms with E-state index < -0.39 is 17.6 Å². The molecule has 0 unspecified atom stereocenters. The Morgan fingerprint density at radius 3 is 2.62 bits per heavy atom. The van der Waals surface area contributed by atoms with Crippen molar-refractivity contribution in [1.29, 1.82) is 5.26 Å². The van der Waals surface area contributed by atoms with Crippen molar-refractivity contribution in [2.45, 2.75) is 6.18 Å². The third-order valence-electron chi connectivity index (χ3n) is 3.23. The second kappa shape index (κ2) is 6.06. The molecule has 2 aromatic carbocycles. The molecule has 0 bridgehead atoms. The van der Waals surface area contributed by atoms with E-state index in [4.69, 9.17) is 0 Å². The van der Waals surface area contributed by atoms with Gasteiger partial charge < -0.3 is 0 Å². The Morgan fingerprint density at radius 1 is 1.17 bits per heavy atom. The van der Waals surface area contributed by atoms with Gasteiger partial charge in [-0.05, 0) is 42.0 Å². The highest BCUT2D eigenvalue weighted by atomic mass is 32.1. The Bertz CT molecular complexity index is 980. The van der Waals surface area contributed by atoms with Crippen LogP contribution in [0.4, 0.5) is 17.6 Å². The molecule has 2 nitrogen and oxygen atoms in total. The monoisotopic (exact) mass is 348 g/mol. The molecule has 1 aromatic heterocycles. The molecule has 0 amide bonds. The van der Waals surface area contributed by atoms with Gasteiger partial charge in [-0.3, -0.25) is 0 Å². The first-order valence-electron chi connectivity index (χ1n) is 6.72. The lowest BCUT2D eigenvalue weighted by molar-refractivity contribution is -0.137. The molecule has 0 aliphatic carbocycles. The fourth-order valence-corrected chi connectivity index (χ4v) is 3.04. The standard InChI is InChI=1S/C17H8F4N2S/c18-13-3-1-2-10(7-13)6-11(9-22)16-23-14-8-12(17(19,20)21)4-5-15(14)24-16/h1-8H. The Labute approximate surface area is 138 Å². The molecule has 0 saturated heterocycles. The number of nitriles is 1. The summed E-state index contributed by atoms with van der Waals surface area (Å²) in [4.78, 5) is 4.11. The molecule has 0 atom stereocenters. The number of hydrogen-bond acceptors (Lipinski definition) is 3. The Kier molecular flexibility index (Phi) is 4.08. The van der Waals surface area contributed by atoms with E-state index in [2.05, 4.69) is 4.98 Å². The number of benzene rings is 2. The first-order chi connectivity index (χ1) is 11.4. The van der Waals surface area contributed by atoms with Crippen molar-refractivity contribution in [2.24, 2.45) is 0 Å². The number of hydrogen-bond donors (Lipinski definition) is 0. The van der Waals surface area contributed by atoms with Crippen LogP contribution in [0.15, 0.2) is 42.5 Å². The SMILES string of the molecule is N#CC(=Cc1cccc(F)c1)c1nc2cc(C(F)(F)F)ccc2s1. The molecule has 120 valence electrons. The van der Waals surface area contributed by atoms with Gasteiger partial charge >= 0.3 is 6.18 Å². The fourth-order valence-electron chi connectivity index (χ4n) is 2.12. The van der Waals surface area contributed by atoms with E-state index in [0.29, 0.717) is 10.3 Å². The summed E-state index contributed by atoms with van der Waals surface area (Å²) < 4.78 is 52.0. The number of nitrogens with zero attached hydrogens (tertiary/aromatic N) is 2. The quantitative estimate of drug-likeness (QED) is 0.452. The van der Waals surface area contributed by atoms with Crippen molar-refractivity contribution in [3.05, 3.63) is 64.4 Å². The van der Waals surface area contributed by atoms with Gasteiger partial charge in [-0.15, -0.1) is 11.3 Å². The van der Waals surface area contributed by atoms with Crippen molar-refractivity contribution < 1.29 is 17.6 Å². The minimum atomic E-state index is -4.45. The van der Waals surface area contributed by atoms with E-state index in [-0.39, 0.29) is 16.1 Å². The molecule has 0 spiro atoms. The van der Waals surface area contributed by atoms with Crippen molar-refractivity contribution in [1.82, 2.24) is 4.98 Å². The highest BCUT2D eigenvalue weighted by molar-refractivity contribution is 7.19. The number of allylic oxidation sites excluding steroid dienone is 1. The average molecular weight is 348 g/mol. The van der Waals surface area contributed by atoms with Crippen LogP contribution >= 0.6 is 11.3 Å². The van der Waals surface area contributed by atoms with E-state index in [0.717, 1.165) is 23.5 Å². The molecule has 0 fully saturated rings. The number of aromatic nitrogens is 1. The largest absolute Gasteiger partial charge is 0.416 e. The zero-order chi connectivity index (χ0) is 17.3. The molecule has 3 aromatic rings. The lowest BCUT2D eigenvalue weighted by Crippen LogP contribution is -2.03. The molecule has 0 saturated carbocycles. The van der Waals surface area contributed by atoms with Gasteiger partial charge in [-0.1, -0.05) is 12.1 Å².